The van der Waals surface area contributed by atoms with Gasteiger partial charge in [-0.1, -0.05) is 42.0 Å². The van der Waals surface area contributed by atoms with E-state index in [1.807, 2.05) is 10.9 Å². The Labute approximate surface area is 136 Å². The highest BCUT2D eigenvalue weighted by molar-refractivity contribution is 5.87. The largest absolute Gasteiger partial charge is 0.356 e. The summed E-state index contributed by atoms with van der Waals surface area (Å²) < 4.78 is 1.96. The highest BCUT2D eigenvalue weighted by Gasteiger charge is 2.72. The highest BCUT2D eigenvalue weighted by Crippen LogP contribution is 2.72. The summed E-state index contributed by atoms with van der Waals surface area (Å²) in [4.78, 5) is 12.2. The van der Waals surface area contributed by atoms with Crippen LogP contribution in [-0.4, -0.2) is 27.4 Å². The molecule has 1 aromatic heterocycles. The molecule has 2 saturated carbocycles. The zero-order valence-corrected chi connectivity index (χ0v) is 13.6. The van der Waals surface area contributed by atoms with E-state index < -0.39 is 0 Å². The zero-order valence-electron chi connectivity index (χ0n) is 13.6. The number of amides is 1. The van der Waals surface area contributed by atoms with Gasteiger partial charge in [-0.05, 0) is 32.1 Å². The molecule has 5 nitrogen and oxygen atoms in total. The van der Waals surface area contributed by atoms with E-state index in [1.165, 1.54) is 5.56 Å². The molecule has 0 spiro atoms. The second-order valence-electron chi connectivity index (χ2n) is 6.94. The second-order valence-corrected chi connectivity index (χ2v) is 6.94. The van der Waals surface area contributed by atoms with E-state index in [0.717, 1.165) is 37.1 Å². The molecule has 1 N–H and O–H groups in total. The molecule has 23 heavy (non-hydrogen) atoms. The number of hydrogen-bond acceptors (Lipinski definition) is 3. The first-order chi connectivity index (χ1) is 11.1. The fourth-order valence-electron chi connectivity index (χ4n) is 3.77. The van der Waals surface area contributed by atoms with Crippen molar-refractivity contribution in [2.75, 3.05) is 6.54 Å². The number of carbonyl (C=O) groups excluding carboxylic acids is 1. The summed E-state index contributed by atoms with van der Waals surface area (Å²) in [6.07, 6.45) is 4.89. The van der Waals surface area contributed by atoms with Gasteiger partial charge in [0.1, 0.15) is 5.69 Å². The molecule has 5 heteroatoms. The predicted molar refractivity (Wildman–Crippen MR) is 87.7 cm³/mol. The van der Waals surface area contributed by atoms with Gasteiger partial charge in [0, 0.05) is 12.1 Å². The number of nitrogens with zero attached hydrogens (tertiary/aromatic N) is 3. The summed E-state index contributed by atoms with van der Waals surface area (Å²) in [7, 11) is 0. The van der Waals surface area contributed by atoms with Crippen molar-refractivity contribution >= 4 is 5.91 Å². The minimum atomic E-state index is -0.101. The lowest BCUT2D eigenvalue weighted by Crippen LogP contribution is -2.42. The number of rotatable bonds is 5. The molecule has 0 bridgehead atoms. The lowest BCUT2D eigenvalue weighted by atomic mass is 9.79. The Bertz CT molecular complexity index is 736. The number of carbonyl (C=O) groups is 1. The molecule has 2 aliphatic rings. The van der Waals surface area contributed by atoms with Gasteiger partial charge in [0.25, 0.3) is 0 Å². The summed E-state index contributed by atoms with van der Waals surface area (Å²) in [5, 5.41) is 11.6. The normalized spacial score (nSPS) is 27.9. The first-order valence-corrected chi connectivity index (χ1v) is 8.41. The Hall–Kier alpha value is -2.17. The highest BCUT2D eigenvalue weighted by atomic mass is 16.2. The van der Waals surface area contributed by atoms with Crippen LogP contribution in [0.15, 0.2) is 30.5 Å². The van der Waals surface area contributed by atoms with Gasteiger partial charge < -0.3 is 5.32 Å². The van der Waals surface area contributed by atoms with Crippen molar-refractivity contribution in [3.8, 4) is 11.3 Å². The number of aryl methyl sites for hydroxylation is 1. The van der Waals surface area contributed by atoms with Crippen molar-refractivity contribution in [2.24, 2.45) is 11.3 Å². The molecule has 2 aliphatic carbocycles. The van der Waals surface area contributed by atoms with E-state index in [9.17, 15) is 4.79 Å². The average Bonchev–Trinajstić information content (AvgIpc) is 2.92. The zero-order chi connectivity index (χ0) is 16.0. The van der Waals surface area contributed by atoms with Gasteiger partial charge in [0.05, 0.1) is 17.7 Å². The lowest BCUT2D eigenvalue weighted by molar-refractivity contribution is -0.130. The van der Waals surface area contributed by atoms with Crippen LogP contribution in [0.4, 0.5) is 0 Å². The second kappa shape index (κ2) is 5.18. The Kier molecular flexibility index (Phi) is 3.25. The lowest BCUT2D eigenvalue weighted by Gasteiger charge is -2.33. The van der Waals surface area contributed by atoms with Crippen molar-refractivity contribution in [3.63, 3.8) is 0 Å². The third-order valence-corrected chi connectivity index (χ3v) is 5.36. The number of benzene rings is 1. The molecular weight excluding hydrogens is 288 g/mol. The summed E-state index contributed by atoms with van der Waals surface area (Å²) in [5.74, 6) is 0.673. The van der Waals surface area contributed by atoms with Crippen molar-refractivity contribution in [1.29, 1.82) is 0 Å². The molecule has 2 fully saturated rings. The summed E-state index contributed by atoms with van der Waals surface area (Å²) in [5.41, 5.74) is 3.12. The molecule has 2 aromatic rings. The van der Waals surface area contributed by atoms with Crippen LogP contribution in [0.2, 0.25) is 0 Å². The van der Waals surface area contributed by atoms with Crippen LogP contribution in [0.5, 0.6) is 0 Å². The van der Waals surface area contributed by atoms with Crippen molar-refractivity contribution < 1.29 is 4.79 Å². The summed E-state index contributed by atoms with van der Waals surface area (Å²) in [6.45, 7) is 4.93. The molecule has 0 radical (unpaired) electrons. The van der Waals surface area contributed by atoms with Gasteiger partial charge >= 0.3 is 0 Å². The molecular formula is C18H22N4O. The third kappa shape index (κ3) is 2.26. The van der Waals surface area contributed by atoms with E-state index in [1.54, 1.807) is 0 Å². The molecule has 4 rings (SSSR count). The topological polar surface area (TPSA) is 59.8 Å². The summed E-state index contributed by atoms with van der Waals surface area (Å²) in [6, 6.07) is 8.64. The smallest absolute Gasteiger partial charge is 0.226 e. The molecule has 1 aromatic carbocycles. The van der Waals surface area contributed by atoms with Gasteiger partial charge in [-0.3, -0.25) is 4.79 Å². The van der Waals surface area contributed by atoms with Crippen LogP contribution in [0.25, 0.3) is 11.3 Å². The molecule has 0 unspecified atom stereocenters. The number of aromatic nitrogens is 3. The van der Waals surface area contributed by atoms with Gasteiger partial charge in [0.2, 0.25) is 5.91 Å². The molecule has 120 valence electrons. The van der Waals surface area contributed by atoms with Crippen LogP contribution in [0, 0.1) is 18.3 Å². The van der Waals surface area contributed by atoms with Crippen molar-refractivity contribution in [3.05, 3.63) is 36.0 Å². The Morgan fingerprint density at radius 2 is 2.13 bits per heavy atom. The van der Waals surface area contributed by atoms with Crippen molar-refractivity contribution in [1.82, 2.24) is 20.3 Å². The Balaban J connectivity index is 1.44. The van der Waals surface area contributed by atoms with Crippen LogP contribution in [0.1, 0.15) is 37.8 Å². The van der Waals surface area contributed by atoms with Gasteiger partial charge in [-0.15, -0.1) is 5.10 Å². The first-order valence-electron chi connectivity index (χ1n) is 8.41. The predicted octanol–water partition coefficient (Wildman–Crippen LogP) is 2.73. The minimum absolute atomic E-state index is 0.101. The molecule has 1 heterocycles. The standard InChI is InChI=1S/C18H22N4O/c1-3-8-19-17(23)18-9-14(18)16(10-18)22-11-15(20-21-22)13-6-4-12(2)5-7-13/h4-7,11,14,16H,3,8-10H2,1-2H3,(H,19,23)/t14-,16-,18-/m0/s1. The molecule has 3 atom stereocenters. The van der Waals surface area contributed by atoms with E-state index in [4.69, 9.17) is 0 Å². The van der Waals surface area contributed by atoms with Crippen LogP contribution >= 0.6 is 0 Å². The number of hydrogen-bond donors (Lipinski definition) is 1. The van der Waals surface area contributed by atoms with Gasteiger partial charge in [-0.2, -0.15) is 0 Å². The molecule has 0 saturated heterocycles. The Morgan fingerprint density at radius 1 is 1.35 bits per heavy atom. The van der Waals surface area contributed by atoms with Crippen LogP contribution < -0.4 is 5.32 Å². The van der Waals surface area contributed by atoms with Crippen LogP contribution in [0.3, 0.4) is 0 Å². The van der Waals surface area contributed by atoms with E-state index in [0.29, 0.717) is 12.0 Å². The fourth-order valence-corrected chi connectivity index (χ4v) is 3.77. The number of fused-ring (bicyclic) bond motifs is 1. The SMILES string of the molecule is CCCNC(=O)[C@@]12C[C@H](n3cc(-c4ccc(C)cc4)nn3)[C@@H]1C2. The minimum Gasteiger partial charge on any atom is -0.356 e. The molecule has 0 aliphatic heterocycles. The van der Waals surface area contributed by atoms with Crippen molar-refractivity contribution in [2.45, 2.75) is 39.2 Å². The Morgan fingerprint density at radius 3 is 2.83 bits per heavy atom. The third-order valence-electron chi connectivity index (χ3n) is 5.36. The first kappa shape index (κ1) is 14.4. The maximum atomic E-state index is 12.2. The van der Waals surface area contributed by atoms with Crippen LogP contribution in [-0.2, 0) is 4.79 Å². The monoisotopic (exact) mass is 310 g/mol. The van der Waals surface area contributed by atoms with Gasteiger partial charge in [-0.25, -0.2) is 4.68 Å². The fraction of sp³-hybridized carbons (Fsp3) is 0.500. The quantitative estimate of drug-likeness (QED) is 0.923. The summed E-state index contributed by atoms with van der Waals surface area (Å²) >= 11 is 0. The van der Waals surface area contributed by atoms with E-state index >= 15 is 0 Å². The van der Waals surface area contributed by atoms with Gasteiger partial charge in [0.15, 0.2) is 0 Å². The maximum absolute atomic E-state index is 12.2. The molecule has 1 amide bonds. The average molecular weight is 310 g/mol. The number of nitrogens with one attached hydrogen (secondary N) is 1. The van der Waals surface area contributed by atoms with E-state index in [-0.39, 0.29) is 11.3 Å². The maximum Gasteiger partial charge on any atom is 0.226 e. The van der Waals surface area contributed by atoms with E-state index in [2.05, 4.69) is 53.7 Å².